The van der Waals surface area contributed by atoms with E-state index in [0.717, 1.165) is 12.1 Å². The minimum absolute atomic E-state index is 0.0248. The lowest BCUT2D eigenvalue weighted by atomic mass is 9.87. The third kappa shape index (κ3) is 3.30. The molecule has 0 bridgehead atoms. The molecule has 2 heterocycles. The molecule has 0 aliphatic carbocycles. The van der Waals surface area contributed by atoms with Crippen LogP contribution in [0.2, 0.25) is 0 Å². The van der Waals surface area contributed by atoms with Gasteiger partial charge in [-0.05, 0) is 30.0 Å². The third-order valence-electron chi connectivity index (χ3n) is 4.07. The van der Waals surface area contributed by atoms with Crippen molar-refractivity contribution in [1.29, 1.82) is 0 Å². The fraction of sp³-hybridized carbons (Fsp3) is 0.300. The van der Waals surface area contributed by atoms with Crippen molar-refractivity contribution in [3.63, 3.8) is 0 Å². The highest BCUT2D eigenvalue weighted by Gasteiger charge is 2.31. The van der Waals surface area contributed by atoms with E-state index in [1.54, 1.807) is 42.4 Å². The van der Waals surface area contributed by atoms with Gasteiger partial charge in [-0.3, -0.25) is 9.78 Å². The van der Waals surface area contributed by atoms with Crippen molar-refractivity contribution in [2.75, 3.05) is 13.6 Å². The highest BCUT2D eigenvalue weighted by Crippen LogP contribution is 2.28. The molecule has 1 aliphatic heterocycles. The second-order valence-electron chi connectivity index (χ2n) is 6.95. The van der Waals surface area contributed by atoms with Gasteiger partial charge in [-0.25, -0.2) is 4.39 Å². The van der Waals surface area contributed by atoms with Gasteiger partial charge in [0, 0.05) is 25.4 Å². The van der Waals surface area contributed by atoms with Gasteiger partial charge in [-0.2, -0.15) is 0 Å². The summed E-state index contributed by atoms with van der Waals surface area (Å²) in [6.07, 6.45) is 2.39. The monoisotopic (exact) mass is 322 g/mol. The van der Waals surface area contributed by atoms with Gasteiger partial charge < -0.3 is 4.90 Å². The molecule has 2 aromatic rings. The Labute approximate surface area is 141 Å². The molecule has 1 amide bonds. The quantitative estimate of drug-likeness (QED) is 0.698. The Hall–Kier alpha value is -2.67. The maximum Gasteiger partial charge on any atom is 0.255 e. The van der Waals surface area contributed by atoms with E-state index in [9.17, 15) is 9.18 Å². The van der Waals surface area contributed by atoms with Gasteiger partial charge in [-0.15, -0.1) is 0 Å². The summed E-state index contributed by atoms with van der Waals surface area (Å²) in [5, 5.41) is 0. The predicted octanol–water partition coefficient (Wildman–Crippen LogP) is 3.27. The zero-order chi connectivity index (χ0) is 17.3. The second kappa shape index (κ2) is 6.09. The molecule has 0 saturated heterocycles. The maximum atomic E-state index is 13.6. The Bertz CT molecular complexity index is 861. The summed E-state index contributed by atoms with van der Waals surface area (Å²) in [6.45, 7) is 4.93. The Kier molecular flexibility index (Phi) is 4.11. The highest BCUT2D eigenvalue weighted by molar-refractivity contribution is 5.96. The molecular formula is C20H19FN2O. The Morgan fingerprint density at radius 1 is 1.25 bits per heavy atom. The van der Waals surface area contributed by atoms with E-state index in [1.807, 2.05) is 0 Å². The largest absolute Gasteiger partial charge is 0.341 e. The van der Waals surface area contributed by atoms with Crippen LogP contribution in [0.4, 0.5) is 4.39 Å². The van der Waals surface area contributed by atoms with Gasteiger partial charge in [-0.1, -0.05) is 37.8 Å². The van der Waals surface area contributed by atoms with E-state index in [1.165, 1.54) is 6.07 Å². The van der Waals surface area contributed by atoms with Crippen LogP contribution in [-0.2, 0) is 6.42 Å². The van der Waals surface area contributed by atoms with Crippen LogP contribution in [0.25, 0.3) is 0 Å². The molecule has 0 radical (unpaired) electrons. The summed E-state index contributed by atoms with van der Waals surface area (Å²) in [6, 6.07) is 8.13. The fourth-order valence-corrected chi connectivity index (χ4v) is 3.02. The van der Waals surface area contributed by atoms with Gasteiger partial charge in [0.05, 0.1) is 16.8 Å². The van der Waals surface area contributed by atoms with Crippen LogP contribution in [0.3, 0.4) is 0 Å². The number of nitrogens with zero attached hydrogens (tertiary/aromatic N) is 2. The van der Waals surface area contributed by atoms with Gasteiger partial charge in [0.1, 0.15) is 5.82 Å². The van der Waals surface area contributed by atoms with Crippen LogP contribution < -0.4 is 0 Å². The number of hydrogen-bond donors (Lipinski definition) is 0. The van der Waals surface area contributed by atoms with Crippen molar-refractivity contribution in [2.24, 2.45) is 5.41 Å². The number of aromatic nitrogens is 1. The van der Waals surface area contributed by atoms with Gasteiger partial charge in [0.2, 0.25) is 0 Å². The summed E-state index contributed by atoms with van der Waals surface area (Å²) in [5.41, 5.74) is 2.30. The minimum atomic E-state index is -0.356. The first-order chi connectivity index (χ1) is 11.4. The van der Waals surface area contributed by atoms with Gasteiger partial charge >= 0.3 is 0 Å². The lowest BCUT2D eigenvalue weighted by Crippen LogP contribution is -2.33. The number of benzene rings is 1. The second-order valence-corrected chi connectivity index (χ2v) is 6.95. The van der Waals surface area contributed by atoms with Crippen molar-refractivity contribution < 1.29 is 9.18 Å². The van der Waals surface area contributed by atoms with Crippen LogP contribution in [0.5, 0.6) is 0 Å². The summed E-state index contributed by atoms with van der Waals surface area (Å²) in [4.78, 5) is 18.8. The summed E-state index contributed by atoms with van der Waals surface area (Å²) in [7, 11) is 1.80. The summed E-state index contributed by atoms with van der Waals surface area (Å²) < 4.78 is 13.6. The average Bonchev–Trinajstić information content (AvgIpc) is 2.61. The van der Waals surface area contributed by atoms with Crippen LogP contribution in [0, 0.1) is 23.1 Å². The number of pyridine rings is 1. The number of rotatable bonds is 0. The van der Waals surface area contributed by atoms with Gasteiger partial charge in [0.15, 0.2) is 0 Å². The maximum absolute atomic E-state index is 13.6. The number of amides is 1. The molecule has 0 N–H and O–H groups in total. The zero-order valence-electron chi connectivity index (χ0n) is 14.1. The molecule has 0 unspecified atom stereocenters. The normalized spacial score (nSPS) is 16.0. The summed E-state index contributed by atoms with van der Waals surface area (Å²) in [5.74, 6) is 5.31. The smallest absolute Gasteiger partial charge is 0.255 e. The molecule has 0 fully saturated rings. The first-order valence-corrected chi connectivity index (χ1v) is 7.87. The highest BCUT2D eigenvalue weighted by atomic mass is 19.1. The average molecular weight is 322 g/mol. The van der Waals surface area contributed by atoms with Crippen molar-refractivity contribution in [2.45, 2.75) is 20.3 Å². The van der Waals surface area contributed by atoms with Crippen molar-refractivity contribution in [3.05, 3.63) is 64.7 Å². The van der Waals surface area contributed by atoms with Crippen LogP contribution in [0.15, 0.2) is 36.5 Å². The molecule has 4 heteroatoms. The molecule has 1 aliphatic rings. The Morgan fingerprint density at radius 2 is 2.00 bits per heavy atom. The molecule has 24 heavy (non-hydrogen) atoms. The molecule has 122 valence electrons. The fourth-order valence-electron chi connectivity index (χ4n) is 3.02. The van der Waals surface area contributed by atoms with E-state index in [4.69, 9.17) is 0 Å². The number of carbonyl (C=O) groups is 1. The van der Waals surface area contributed by atoms with E-state index in [-0.39, 0.29) is 17.1 Å². The van der Waals surface area contributed by atoms with Crippen molar-refractivity contribution >= 4 is 5.91 Å². The number of hydrogen-bond acceptors (Lipinski definition) is 2. The van der Waals surface area contributed by atoms with E-state index in [2.05, 4.69) is 30.7 Å². The van der Waals surface area contributed by atoms with Crippen LogP contribution in [0.1, 0.15) is 41.0 Å². The lowest BCUT2D eigenvalue weighted by molar-refractivity contribution is 0.0754. The van der Waals surface area contributed by atoms with Crippen LogP contribution in [-0.4, -0.2) is 29.4 Å². The van der Waals surface area contributed by atoms with Crippen molar-refractivity contribution in [3.8, 4) is 11.8 Å². The van der Waals surface area contributed by atoms with Crippen molar-refractivity contribution in [1.82, 2.24) is 9.88 Å². The number of fused-ring (bicyclic) bond motifs is 1. The molecule has 1 aromatic carbocycles. The Morgan fingerprint density at radius 3 is 2.75 bits per heavy atom. The molecule has 3 rings (SSSR count). The third-order valence-corrected chi connectivity index (χ3v) is 4.07. The zero-order valence-corrected chi connectivity index (χ0v) is 14.1. The van der Waals surface area contributed by atoms with Crippen LogP contribution >= 0.6 is 0 Å². The first-order valence-electron chi connectivity index (χ1n) is 7.87. The van der Waals surface area contributed by atoms with E-state index < -0.39 is 0 Å². The molecule has 3 nitrogen and oxygen atoms in total. The molecule has 0 spiro atoms. The molecule has 0 saturated carbocycles. The predicted molar refractivity (Wildman–Crippen MR) is 91.1 cm³/mol. The lowest BCUT2D eigenvalue weighted by Gasteiger charge is -2.26. The number of halogens is 1. The Balaban J connectivity index is 1.99. The molecular weight excluding hydrogens is 303 g/mol. The van der Waals surface area contributed by atoms with E-state index in [0.29, 0.717) is 23.2 Å². The first kappa shape index (κ1) is 16.2. The molecule has 0 atom stereocenters. The topological polar surface area (TPSA) is 33.2 Å². The molecule has 1 aromatic heterocycles. The van der Waals surface area contributed by atoms with E-state index >= 15 is 0 Å². The minimum Gasteiger partial charge on any atom is -0.341 e. The number of carbonyl (C=O) groups excluding carboxylic acids is 1. The standard InChI is InChI=1S/C20H19FN2O/c1-20(2)11-18-16(19(24)23(3)13-20)10-14(12-22-18)8-9-15-6-4-5-7-17(15)21/h4-7,10,12H,11,13H2,1-3H3. The SMILES string of the molecule is CN1CC(C)(C)Cc2ncc(C#Cc3ccccc3F)cc2C1=O. The van der Waals surface area contributed by atoms with Gasteiger partial charge in [0.25, 0.3) is 5.91 Å². The summed E-state index contributed by atoms with van der Waals surface area (Å²) >= 11 is 0.